The molecule has 0 fully saturated rings. The molecule has 0 unspecified atom stereocenters. The number of hydrogen-bond donors (Lipinski definition) is 7. The van der Waals surface area contributed by atoms with Crippen molar-refractivity contribution in [1.29, 1.82) is 0 Å². The van der Waals surface area contributed by atoms with Crippen LogP contribution in [0.25, 0.3) is 5.95 Å². The van der Waals surface area contributed by atoms with Gasteiger partial charge in [-0.1, -0.05) is 24.3 Å². The van der Waals surface area contributed by atoms with Crippen molar-refractivity contribution in [2.24, 2.45) is 0 Å². The Balaban J connectivity index is 1.46. The van der Waals surface area contributed by atoms with Gasteiger partial charge in [0.25, 0.3) is 26.2 Å². The number of ketones is 2. The van der Waals surface area contributed by atoms with Crippen LogP contribution in [0, 0.1) is 0 Å². The third-order valence-corrected chi connectivity index (χ3v) is 9.03. The largest absolute Gasteiger partial charge is 0.478 e. The zero-order valence-electron chi connectivity index (χ0n) is 24.3. The second-order valence-corrected chi connectivity index (χ2v) is 13.1. The molecule has 20 heteroatoms. The van der Waals surface area contributed by atoms with Gasteiger partial charge in [0.15, 0.2) is 11.6 Å². The molecule has 18 nitrogen and oxygen atoms in total. The van der Waals surface area contributed by atoms with E-state index in [1.54, 1.807) is 0 Å². The van der Waals surface area contributed by atoms with Crippen molar-refractivity contribution in [2.45, 2.75) is 9.79 Å². The van der Waals surface area contributed by atoms with Crippen molar-refractivity contribution in [3.05, 3.63) is 111 Å². The summed E-state index contributed by atoms with van der Waals surface area (Å²) >= 11 is 0. The lowest BCUT2D eigenvalue weighted by Gasteiger charge is -2.24. The molecule has 0 atom stereocenters. The average molecular weight is 707 g/mol. The summed E-state index contributed by atoms with van der Waals surface area (Å²) in [7, 11) is -9.98. The Hall–Kier alpha value is -6.35. The number of nitrogen functional groups attached to an aromatic ring is 1. The van der Waals surface area contributed by atoms with E-state index in [-0.39, 0.29) is 45.5 Å². The number of nitrogens with zero attached hydrogens (tertiary/aromatic N) is 3. The smallest absolute Gasteiger partial charge is 0.447 e. The van der Waals surface area contributed by atoms with Gasteiger partial charge in [-0.2, -0.15) is 16.8 Å². The number of anilines is 5. The van der Waals surface area contributed by atoms with Gasteiger partial charge in [0.05, 0.1) is 46.1 Å². The molecule has 0 amide bonds. The number of pyridine rings is 1. The maximum Gasteiger partial charge on any atom is 0.447 e. The molecule has 2 aromatic heterocycles. The van der Waals surface area contributed by atoms with Gasteiger partial charge in [0, 0.05) is 16.8 Å². The molecular formula is C29H20N7O11S2+. The fraction of sp³-hybridized carbons (Fsp3) is 0. The number of aromatic nitrogens is 4. The quantitative estimate of drug-likeness (QED) is 0.0670. The lowest BCUT2D eigenvalue weighted by Crippen LogP contribution is -2.36. The molecule has 6 rings (SSSR count). The molecule has 0 saturated carbocycles. The van der Waals surface area contributed by atoms with E-state index in [2.05, 4.69) is 25.6 Å². The van der Waals surface area contributed by atoms with Crippen molar-refractivity contribution >= 4 is 66.5 Å². The minimum atomic E-state index is -5.04. The summed E-state index contributed by atoms with van der Waals surface area (Å²) in [5.74, 6) is -3.26. The molecule has 0 bridgehead atoms. The first-order valence-corrected chi connectivity index (χ1v) is 16.4. The first-order valence-electron chi connectivity index (χ1n) is 13.5. The first-order chi connectivity index (χ1) is 23.0. The van der Waals surface area contributed by atoms with E-state index in [9.17, 15) is 45.1 Å². The van der Waals surface area contributed by atoms with Crippen molar-refractivity contribution in [3.63, 3.8) is 0 Å². The fourth-order valence-electron chi connectivity index (χ4n) is 5.08. The van der Waals surface area contributed by atoms with Gasteiger partial charge in [-0.25, -0.2) is 19.1 Å². The number of rotatable bonds is 8. The lowest BCUT2D eigenvalue weighted by molar-refractivity contribution is -0.603. The van der Waals surface area contributed by atoms with E-state index in [0.29, 0.717) is 0 Å². The Labute approximate surface area is 274 Å². The minimum absolute atomic E-state index is 0.00915. The predicted molar refractivity (Wildman–Crippen MR) is 168 cm³/mol. The molecular weight excluding hydrogens is 686 g/mol. The van der Waals surface area contributed by atoms with Crippen molar-refractivity contribution in [3.8, 4) is 5.95 Å². The average Bonchev–Trinajstić information content (AvgIpc) is 3.03. The highest BCUT2D eigenvalue weighted by Gasteiger charge is 2.36. The van der Waals surface area contributed by atoms with E-state index in [0.717, 1.165) is 24.3 Å². The van der Waals surface area contributed by atoms with Crippen molar-refractivity contribution < 1.29 is 50.0 Å². The Morgan fingerprint density at radius 2 is 1.39 bits per heavy atom. The van der Waals surface area contributed by atoms with Gasteiger partial charge < -0.3 is 21.5 Å². The highest BCUT2D eigenvalue weighted by Crippen LogP contribution is 2.40. The SMILES string of the molecule is Nc1c(S(=O)(=O)O)cc(Nc2ccc(S(=O)(=O)O)c(Nc3nc(=O)nc(-[n+]4ccc(C(=O)O)cc4)[nH]3)c2)c2c1C(=O)c1ccccc1C2=O. The van der Waals surface area contributed by atoms with E-state index in [1.165, 1.54) is 53.4 Å². The minimum Gasteiger partial charge on any atom is -0.478 e. The topological polar surface area (TPSA) is 293 Å². The number of hydrogen-bond acceptors (Lipinski definition) is 13. The number of carbonyl (C=O) groups excluding carboxylic acids is 2. The summed E-state index contributed by atoms with van der Waals surface area (Å²) in [6.45, 7) is 0. The van der Waals surface area contributed by atoms with E-state index in [1.807, 2.05) is 0 Å². The molecule has 5 aromatic rings. The van der Waals surface area contributed by atoms with Gasteiger partial charge in [0.1, 0.15) is 9.79 Å². The van der Waals surface area contributed by atoms with Crippen LogP contribution in [0.2, 0.25) is 0 Å². The highest BCUT2D eigenvalue weighted by atomic mass is 32.2. The van der Waals surface area contributed by atoms with Crippen LogP contribution < -0.4 is 26.6 Å². The van der Waals surface area contributed by atoms with E-state index in [4.69, 9.17) is 10.8 Å². The first kappa shape index (κ1) is 32.6. The third kappa shape index (κ3) is 6.09. The standard InChI is InChI=1S/C29H19N7O11S2/c30-23-20(49(45,46)47)12-18(21-22(23)25(38)16-4-2-1-3-15(16)24(21)37)31-14-5-6-19(48(42,43)44)17(11-14)32-27-33-28(35-29(41)34-27)36-9-7-13(8-10-36)26(39)40/h1-12H,(H7-,30,31,32,33,34,35,37,38,39,40,41,42,43,44,45,46,47)/p+1. The summed E-state index contributed by atoms with van der Waals surface area (Å²) in [5.41, 5.74) is 2.58. The molecule has 0 aliphatic heterocycles. The monoisotopic (exact) mass is 706 g/mol. The molecule has 0 spiro atoms. The zero-order chi connectivity index (χ0) is 35.4. The number of carbonyl (C=O) groups is 3. The summed E-state index contributed by atoms with van der Waals surface area (Å²) in [5, 5.41) is 14.4. The van der Waals surface area contributed by atoms with Crippen molar-refractivity contribution in [2.75, 3.05) is 16.4 Å². The molecule has 248 valence electrons. The molecule has 8 N–H and O–H groups in total. The number of nitrogens with one attached hydrogen (secondary N) is 3. The molecule has 0 radical (unpaired) electrons. The second-order valence-electron chi connectivity index (χ2n) is 10.3. The molecule has 49 heavy (non-hydrogen) atoms. The normalized spacial score (nSPS) is 12.6. The molecule has 2 heterocycles. The summed E-state index contributed by atoms with van der Waals surface area (Å²) in [6, 6.07) is 12.1. The van der Waals surface area contributed by atoms with Crippen LogP contribution in [0.15, 0.2) is 87.6 Å². The fourth-order valence-corrected chi connectivity index (χ4v) is 6.36. The summed E-state index contributed by atoms with van der Waals surface area (Å²) in [6.07, 6.45) is 2.55. The lowest BCUT2D eigenvalue weighted by atomic mass is 9.82. The number of aromatic carboxylic acids is 1. The van der Waals surface area contributed by atoms with Crippen LogP contribution in [-0.2, 0) is 20.2 Å². The van der Waals surface area contributed by atoms with Crippen LogP contribution >= 0.6 is 0 Å². The van der Waals surface area contributed by atoms with Gasteiger partial charge in [-0.05, 0) is 41.4 Å². The number of carboxylic acids is 1. The number of fused-ring (bicyclic) bond motifs is 2. The van der Waals surface area contributed by atoms with Gasteiger partial charge >= 0.3 is 17.6 Å². The Bertz CT molecular complexity index is 2550. The van der Waals surface area contributed by atoms with Crippen LogP contribution in [-0.4, -0.2) is 63.5 Å². The van der Waals surface area contributed by atoms with Crippen LogP contribution in [0.1, 0.15) is 42.2 Å². The number of nitrogens with two attached hydrogens (primary N) is 1. The van der Waals surface area contributed by atoms with E-state index >= 15 is 0 Å². The van der Waals surface area contributed by atoms with Crippen LogP contribution in [0.3, 0.4) is 0 Å². The number of carboxylic acid groups (broad SMARTS) is 1. The second kappa shape index (κ2) is 11.7. The number of aromatic amines is 1. The highest BCUT2D eigenvalue weighted by molar-refractivity contribution is 7.86. The number of H-pyrrole nitrogens is 1. The third-order valence-electron chi connectivity index (χ3n) is 7.23. The Morgan fingerprint density at radius 1 is 0.776 bits per heavy atom. The molecule has 3 aromatic carbocycles. The molecule has 1 aliphatic carbocycles. The van der Waals surface area contributed by atoms with Gasteiger partial charge in [0.2, 0.25) is 0 Å². The summed E-state index contributed by atoms with van der Waals surface area (Å²) in [4.78, 5) is 59.0. The predicted octanol–water partition coefficient (Wildman–Crippen LogP) is 1.48. The summed E-state index contributed by atoms with van der Waals surface area (Å²) < 4.78 is 70.2. The zero-order valence-corrected chi connectivity index (χ0v) is 25.9. The maximum absolute atomic E-state index is 13.6. The number of benzene rings is 3. The Morgan fingerprint density at radius 3 is 1.98 bits per heavy atom. The van der Waals surface area contributed by atoms with Crippen LogP contribution in [0.5, 0.6) is 0 Å². The molecule has 0 saturated heterocycles. The van der Waals surface area contributed by atoms with Gasteiger partial charge in [-0.3, -0.25) is 18.7 Å². The maximum atomic E-state index is 13.6. The Kier molecular flexibility index (Phi) is 7.79. The van der Waals surface area contributed by atoms with Gasteiger partial charge in [-0.15, -0.1) is 4.98 Å². The van der Waals surface area contributed by atoms with E-state index < -0.39 is 70.2 Å². The molecule has 1 aliphatic rings. The van der Waals surface area contributed by atoms with Crippen LogP contribution in [0.4, 0.5) is 28.7 Å². The van der Waals surface area contributed by atoms with Crippen molar-refractivity contribution in [1.82, 2.24) is 15.0 Å².